The number of para-hydroxylation sites is 1. The van der Waals surface area contributed by atoms with Crippen molar-refractivity contribution in [3.63, 3.8) is 0 Å². The fraction of sp³-hybridized carbons (Fsp3) is 0.0588. The third-order valence-electron chi connectivity index (χ3n) is 3.53. The van der Waals surface area contributed by atoms with Crippen molar-refractivity contribution in [2.45, 2.75) is 6.18 Å². The highest BCUT2D eigenvalue weighted by atomic mass is 19.4. The number of anilines is 2. The molecule has 0 atom stereocenters. The molecule has 7 heteroatoms. The average molecular weight is 331 g/mol. The Balaban J connectivity index is 2.07. The van der Waals surface area contributed by atoms with Crippen LogP contribution in [0.3, 0.4) is 0 Å². The first kappa shape index (κ1) is 15.8. The maximum absolute atomic E-state index is 12.8. The van der Waals surface area contributed by atoms with Crippen molar-refractivity contribution in [1.29, 1.82) is 0 Å². The number of alkyl halides is 3. The van der Waals surface area contributed by atoms with Crippen LogP contribution < -0.4 is 11.1 Å². The Hall–Kier alpha value is -3.09. The van der Waals surface area contributed by atoms with Gasteiger partial charge in [0.1, 0.15) is 0 Å². The lowest BCUT2D eigenvalue weighted by Gasteiger charge is -2.13. The quantitative estimate of drug-likeness (QED) is 0.759. The van der Waals surface area contributed by atoms with Crippen molar-refractivity contribution in [3.05, 3.63) is 65.9 Å². The van der Waals surface area contributed by atoms with Gasteiger partial charge in [-0.3, -0.25) is 9.78 Å². The molecule has 3 rings (SSSR count). The Morgan fingerprint density at radius 3 is 2.50 bits per heavy atom. The van der Waals surface area contributed by atoms with Gasteiger partial charge in [0.25, 0.3) is 5.91 Å². The Morgan fingerprint density at radius 2 is 1.79 bits per heavy atom. The molecule has 1 amide bonds. The summed E-state index contributed by atoms with van der Waals surface area (Å²) in [5.41, 5.74) is 6.05. The van der Waals surface area contributed by atoms with Crippen molar-refractivity contribution < 1.29 is 18.0 Å². The summed E-state index contributed by atoms with van der Waals surface area (Å²) in [5.74, 6) is -0.601. The number of aromatic nitrogens is 1. The zero-order valence-electron chi connectivity index (χ0n) is 12.3. The highest BCUT2D eigenvalue weighted by Gasteiger charge is 2.30. The summed E-state index contributed by atoms with van der Waals surface area (Å²) < 4.78 is 38.4. The van der Waals surface area contributed by atoms with Gasteiger partial charge in [-0.05, 0) is 30.3 Å². The van der Waals surface area contributed by atoms with Crippen molar-refractivity contribution in [2.75, 3.05) is 5.32 Å². The van der Waals surface area contributed by atoms with Crippen LogP contribution in [0, 0.1) is 0 Å². The molecule has 2 aromatic carbocycles. The average Bonchev–Trinajstić information content (AvgIpc) is 2.54. The molecular weight excluding hydrogens is 319 g/mol. The fourth-order valence-corrected chi connectivity index (χ4v) is 2.39. The molecule has 0 bridgehead atoms. The minimum Gasteiger partial charge on any atom is -0.366 e. The molecular formula is C17H12F3N3O. The molecule has 0 saturated heterocycles. The lowest BCUT2D eigenvalue weighted by atomic mass is 10.1. The predicted octanol–water partition coefficient (Wildman–Crippen LogP) is 4.10. The second kappa shape index (κ2) is 5.84. The number of rotatable bonds is 3. The number of fused-ring (bicyclic) bond motifs is 1. The number of pyridine rings is 1. The van der Waals surface area contributed by atoms with E-state index in [1.54, 1.807) is 30.3 Å². The van der Waals surface area contributed by atoms with Gasteiger partial charge >= 0.3 is 6.18 Å². The van der Waals surface area contributed by atoms with Gasteiger partial charge in [-0.25, -0.2) is 0 Å². The molecule has 0 radical (unpaired) electrons. The van der Waals surface area contributed by atoms with Crippen molar-refractivity contribution in [1.82, 2.24) is 4.98 Å². The van der Waals surface area contributed by atoms with Crippen LogP contribution in [0.15, 0.2) is 54.7 Å². The normalized spacial score (nSPS) is 11.5. The Morgan fingerprint density at radius 1 is 1.04 bits per heavy atom. The van der Waals surface area contributed by atoms with E-state index in [1.165, 1.54) is 12.3 Å². The molecule has 122 valence electrons. The number of primary amides is 1. The monoisotopic (exact) mass is 331 g/mol. The van der Waals surface area contributed by atoms with Crippen molar-refractivity contribution >= 4 is 28.2 Å². The number of nitrogens with zero attached hydrogens (tertiary/aromatic N) is 1. The molecule has 0 spiro atoms. The number of nitrogens with two attached hydrogens (primary N) is 1. The standard InChI is InChI=1S/C17H12F3N3O/c18-17(19,20)10-5-6-11-14(7-8-22-15(11)9-10)23-13-4-2-1-3-12(13)16(21)24/h1-9H,(H2,21,24)(H,22,23). The van der Waals surface area contributed by atoms with Gasteiger partial charge < -0.3 is 11.1 Å². The molecule has 3 aromatic rings. The zero-order chi connectivity index (χ0) is 17.3. The maximum Gasteiger partial charge on any atom is 0.416 e. The van der Waals surface area contributed by atoms with Crippen LogP contribution in [0.1, 0.15) is 15.9 Å². The van der Waals surface area contributed by atoms with E-state index in [-0.39, 0.29) is 11.1 Å². The summed E-state index contributed by atoms with van der Waals surface area (Å²) in [4.78, 5) is 15.5. The number of carbonyl (C=O) groups is 1. The lowest BCUT2D eigenvalue weighted by molar-refractivity contribution is -0.137. The summed E-state index contributed by atoms with van der Waals surface area (Å²) in [6.45, 7) is 0. The second-order valence-corrected chi connectivity index (χ2v) is 5.12. The van der Waals surface area contributed by atoms with E-state index in [0.29, 0.717) is 16.8 Å². The molecule has 0 fully saturated rings. The number of carbonyl (C=O) groups excluding carboxylic acids is 1. The summed E-state index contributed by atoms with van der Waals surface area (Å²) in [6, 6.07) is 11.6. The van der Waals surface area contributed by atoms with Gasteiger partial charge in [0, 0.05) is 17.3 Å². The number of hydrogen-bond acceptors (Lipinski definition) is 3. The van der Waals surface area contributed by atoms with Crippen LogP contribution in [0.2, 0.25) is 0 Å². The first-order chi connectivity index (χ1) is 11.4. The summed E-state index contributed by atoms with van der Waals surface area (Å²) in [6.07, 6.45) is -3.03. The van der Waals surface area contributed by atoms with Gasteiger partial charge in [0.05, 0.1) is 22.3 Å². The number of benzene rings is 2. The van der Waals surface area contributed by atoms with Gasteiger partial charge in [-0.2, -0.15) is 13.2 Å². The molecule has 0 aliphatic rings. The van der Waals surface area contributed by atoms with E-state index in [4.69, 9.17) is 5.73 Å². The highest BCUT2D eigenvalue weighted by Crippen LogP contribution is 2.33. The predicted molar refractivity (Wildman–Crippen MR) is 85.0 cm³/mol. The summed E-state index contributed by atoms with van der Waals surface area (Å²) in [7, 11) is 0. The molecule has 0 saturated carbocycles. The molecule has 24 heavy (non-hydrogen) atoms. The van der Waals surface area contributed by atoms with Crippen LogP contribution in [0.4, 0.5) is 24.5 Å². The number of halogens is 3. The minimum absolute atomic E-state index is 0.200. The lowest BCUT2D eigenvalue weighted by Crippen LogP contribution is -2.13. The van der Waals surface area contributed by atoms with Crippen LogP contribution in [-0.4, -0.2) is 10.9 Å². The Bertz CT molecular complexity index is 922. The van der Waals surface area contributed by atoms with E-state index in [1.807, 2.05) is 0 Å². The summed E-state index contributed by atoms with van der Waals surface area (Å²) in [5, 5.41) is 3.54. The van der Waals surface area contributed by atoms with E-state index < -0.39 is 17.6 Å². The van der Waals surface area contributed by atoms with E-state index >= 15 is 0 Å². The number of hydrogen-bond donors (Lipinski definition) is 2. The third-order valence-corrected chi connectivity index (χ3v) is 3.53. The molecule has 1 heterocycles. The van der Waals surface area contributed by atoms with Crippen molar-refractivity contribution in [2.24, 2.45) is 5.73 Å². The first-order valence-electron chi connectivity index (χ1n) is 6.98. The molecule has 0 aliphatic carbocycles. The molecule has 0 unspecified atom stereocenters. The van der Waals surface area contributed by atoms with E-state index in [9.17, 15) is 18.0 Å². The van der Waals surface area contributed by atoms with Gasteiger partial charge in [-0.1, -0.05) is 18.2 Å². The number of amides is 1. The number of nitrogens with one attached hydrogen (secondary N) is 1. The Kier molecular flexibility index (Phi) is 3.84. The third kappa shape index (κ3) is 3.01. The molecule has 1 aromatic heterocycles. The molecule has 3 N–H and O–H groups in total. The van der Waals surface area contributed by atoms with Crippen LogP contribution in [0.25, 0.3) is 10.9 Å². The first-order valence-corrected chi connectivity index (χ1v) is 6.98. The van der Waals surface area contributed by atoms with Crippen molar-refractivity contribution in [3.8, 4) is 0 Å². The zero-order valence-corrected chi connectivity index (χ0v) is 12.3. The largest absolute Gasteiger partial charge is 0.416 e. The minimum atomic E-state index is -4.43. The van der Waals surface area contributed by atoms with Gasteiger partial charge in [0.2, 0.25) is 0 Å². The van der Waals surface area contributed by atoms with Crippen LogP contribution in [-0.2, 0) is 6.18 Å². The highest BCUT2D eigenvalue weighted by molar-refractivity contribution is 6.01. The summed E-state index contributed by atoms with van der Waals surface area (Å²) >= 11 is 0. The molecule has 0 aliphatic heterocycles. The second-order valence-electron chi connectivity index (χ2n) is 5.12. The van der Waals surface area contributed by atoms with Crippen LogP contribution >= 0.6 is 0 Å². The van der Waals surface area contributed by atoms with E-state index in [0.717, 1.165) is 12.1 Å². The van der Waals surface area contributed by atoms with Crippen LogP contribution in [0.5, 0.6) is 0 Å². The van der Waals surface area contributed by atoms with Gasteiger partial charge in [0.15, 0.2) is 0 Å². The topological polar surface area (TPSA) is 68.0 Å². The Labute approximate surface area is 135 Å². The van der Waals surface area contributed by atoms with Gasteiger partial charge in [-0.15, -0.1) is 0 Å². The fourth-order valence-electron chi connectivity index (χ4n) is 2.39. The maximum atomic E-state index is 12.8. The SMILES string of the molecule is NC(=O)c1ccccc1Nc1ccnc2cc(C(F)(F)F)ccc12. The smallest absolute Gasteiger partial charge is 0.366 e. The van der Waals surface area contributed by atoms with E-state index in [2.05, 4.69) is 10.3 Å². The molecule has 4 nitrogen and oxygen atoms in total.